The highest BCUT2D eigenvalue weighted by atomic mass is 35.5. The Bertz CT molecular complexity index is 1020. The maximum Gasteiger partial charge on any atom is 0.276 e. The van der Waals surface area contributed by atoms with Gasteiger partial charge in [0.15, 0.2) is 11.5 Å². The number of aromatic nitrogens is 4. The zero-order valence-corrected chi connectivity index (χ0v) is 15.0. The number of benzene rings is 1. The average Bonchev–Trinajstić information content (AvgIpc) is 3.43. The predicted octanol–water partition coefficient (Wildman–Crippen LogP) is 3.29. The molecule has 7 nitrogen and oxygen atoms in total. The molecule has 1 N–H and O–H groups in total. The van der Waals surface area contributed by atoms with Crippen LogP contribution in [0.2, 0.25) is 5.02 Å². The molecule has 0 bridgehead atoms. The van der Waals surface area contributed by atoms with Gasteiger partial charge in [0.2, 0.25) is 0 Å². The molecule has 8 heteroatoms. The minimum absolute atomic E-state index is 0.242. The van der Waals surface area contributed by atoms with Crippen LogP contribution in [0.1, 0.15) is 21.8 Å². The molecule has 3 heterocycles. The normalized spacial score (nSPS) is 10.9. The second-order valence-corrected chi connectivity index (χ2v) is 6.33. The molecule has 0 aliphatic rings. The fourth-order valence-electron chi connectivity index (χ4n) is 2.72. The molecule has 0 radical (unpaired) electrons. The van der Waals surface area contributed by atoms with Crippen molar-refractivity contribution in [3.8, 4) is 5.82 Å². The van der Waals surface area contributed by atoms with Crippen molar-refractivity contribution in [1.29, 1.82) is 0 Å². The number of furan rings is 1. The van der Waals surface area contributed by atoms with Crippen molar-refractivity contribution in [2.24, 2.45) is 0 Å². The zero-order valence-electron chi connectivity index (χ0n) is 14.2. The van der Waals surface area contributed by atoms with Crippen molar-refractivity contribution in [2.75, 3.05) is 0 Å². The van der Waals surface area contributed by atoms with Crippen LogP contribution in [0.25, 0.3) is 5.82 Å². The van der Waals surface area contributed by atoms with E-state index in [-0.39, 0.29) is 18.1 Å². The molecule has 1 aromatic carbocycles. The monoisotopic (exact) mass is 381 g/mol. The summed E-state index contributed by atoms with van der Waals surface area (Å²) in [6.07, 6.45) is 5.26. The van der Waals surface area contributed by atoms with Gasteiger partial charge in [-0.25, -0.2) is 4.68 Å². The second-order valence-electron chi connectivity index (χ2n) is 5.90. The standard InChI is InChI=1S/C19H16ClN5O2/c20-15-7-5-14(6-8-15)13-25-19(24-9-1-2-10-24)17(22-23-25)18(26)21-12-16-4-3-11-27-16/h1-11H,12-13H2,(H,21,26). The van der Waals surface area contributed by atoms with Crippen molar-refractivity contribution in [3.05, 3.63) is 89.2 Å². The van der Waals surface area contributed by atoms with Gasteiger partial charge in [0, 0.05) is 17.4 Å². The fourth-order valence-corrected chi connectivity index (χ4v) is 2.85. The summed E-state index contributed by atoms with van der Waals surface area (Å²) < 4.78 is 8.75. The van der Waals surface area contributed by atoms with Gasteiger partial charge in [-0.3, -0.25) is 4.79 Å². The summed E-state index contributed by atoms with van der Waals surface area (Å²) in [6.45, 7) is 0.740. The molecule has 136 valence electrons. The van der Waals surface area contributed by atoms with Crippen LogP contribution in [0.5, 0.6) is 0 Å². The molecule has 0 saturated carbocycles. The quantitative estimate of drug-likeness (QED) is 0.556. The minimum Gasteiger partial charge on any atom is -0.467 e. The second kappa shape index (κ2) is 7.51. The topological polar surface area (TPSA) is 77.9 Å². The third kappa shape index (κ3) is 3.78. The molecule has 0 spiro atoms. The van der Waals surface area contributed by atoms with Crippen molar-refractivity contribution >= 4 is 17.5 Å². The molecule has 3 aromatic heterocycles. The molecule has 27 heavy (non-hydrogen) atoms. The molecule has 0 aliphatic heterocycles. The van der Waals surface area contributed by atoms with Gasteiger partial charge in [-0.05, 0) is 42.0 Å². The number of amides is 1. The SMILES string of the molecule is O=C(NCc1ccco1)c1nnn(Cc2ccc(Cl)cc2)c1-n1cccc1. The number of nitrogens with zero attached hydrogens (tertiary/aromatic N) is 4. The number of nitrogens with one attached hydrogen (secondary N) is 1. The van der Waals surface area contributed by atoms with Gasteiger partial charge in [0.25, 0.3) is 5.91 Å². The van der Waals surface area contributed by atoms with Crippen molar-refractivity contribution in [2.45, 2.75) is 13.1 Å². The summed E-state index contributed by atoms with van der Waals surface area (Å²) in [5.41, 5.74) is 1.24. The minimum atomic E-state index is -0.322. The van der Waals surface area contributed by atoms with E-state index in [1.165, 1.54) is 0 Å². The van der Waals surface area contributed by atoms with Gasteiger partial charge in [-0.15, -0.1) is 5.10 Å². The van der Waals surface area contributed by atoms with E-state index in [1.807, 2.05) is 53.4 Å². The lowest BCUT2D eigenvalue weighted by molar-refractivity contribution is 0.0943. The molecule has 0 unspecified atom stereocenters. The molecule has 4 rings (SSSR count). The van der Waals surface area contributed by atoms with E-state index in [0.29, 0.717) is 23.1 Å². The third-order valence-electron chi connectivity index (χ3n) is 4.02. The van der Waals surface area contributed by atoms with E-state index in [0.717, 1.165) is 5.56 Å². The van der Waals surface area contributed by atoms with Crippen LogP contribution in [-0.2, 0) is 13.1 Å². The number of hydrogen-bond donors (Lipinski definition) is 1. The van der Waals surface area contributed by atoms with Crippen LogP contribution in [0, 0.1) is 0 Å². The largest absolute Gasteiger partial charge is 0.467 e. The van der Waals surface area contributed by atoms with Crippen molar-refractivity contribution in [1.82, 2.24) is 24.9 Å². The Morgan fingerprint density at radius 2 is 1.89 bits per heavy atom. The van der Waals surface area contributed by atoms with Crippen LogP contribution in [0.3, 0.4) is 0 Å². The maximum atomic E-state index is 12.7. The predicted molar refractivity (Wildman–Crippen MR) is 99.8 cm³/mol. The van der Waals surface area contributed by atoms with E-state index >= 15 is 0 Å². The first-order valence-electron chi connectivity index (χ1n) is 8.32. The Morgan fingerprint density at radius 3 is 2.59 bits per heavy atom. The summed E-state index contributed by atoms with van der Waals surface area (Å²) in [5, 5.41) is 11.8. The first kappa shape index (κ1) is 17.1. The number of rotatable bonds is 6. The Morgan fingerprint density at radius 1 is 1.11 bits per heavy atom. The number of halogens is 1. The van der Waals surface area contributed by atoms with E-state index in [4.69, 9.17) is 16.0 Å². The van der Waals surface area contributed by atoms with Crippen LogP contribution in [-0.4, -0.2) is 25.5 Å². The first-order valence-corrected chi connectivity index (χ1v) is 8.70. The molecule has 0 saturated heterocycles. The summed E-state index contributed by atoms with van der Waals surface area (Å²) in [7, 11) is 0. The smallest absolute Gasteiger partial charge is 0.276 e. The third-order valence-corrected chi connectivity index (χ3v) is 4.27. The van der Waals surface area contributed by atoms with E-state index in [1.54, 1.807) is 23.1 Å². The lowest BCUT2D eigenvalue weighted by Gasteiger charge is -2.09. The van der Waals surface area contributed by atoms with Crippen LogP contribution in [0.15, 0.2) is 71.6 Å². The van der Waals surface area contributed by atoms with E-state index < -0.39 is 0 Å². The summed E-state index contributed by atoms with van der Waals surface area (Å²) >= 11 is 5.95. The van der Waals surface area contributed by atoms with Gasteiger partial charge in [0.1, 0.15) is 5.76 Å². The van der Waals surface area contributed by atoms with Gasteiger partial charge in [0.05, 0.1) is 19.4 Å². The Kier molecular flexibility index (Phi) is 4.76. The van der Waals surface area contributed by atoms with Crippen LogP contribution in [0.4, 0.5) is 0 Å². The summed E-state index contributed by atoms with van der Waals surface area (Å²) in [5.74, 6) is 0.934. The van der Waals surface area contributed by atoms with Gasteiger partial charge >= 0.3 is 0 Å². The molecular formula is C19H16ClN5O2. The van der Waals surface area contributed by atoms with Crippen molar-refractivity contribution in [3.63, 3.8) is 0 Å². The first-order chi connectivity index (χ1) is 13.2. The molecule has 0 fully saturated rings. The maximum absolute atomic E-state index is 12.7. The molecule has 1 amide bonds. The Hall–Kier alpha value is -3.32. The summed E-state index contributed by atoms with van der Waals surface area (Å²) in [4.78, 5) is 12.7. The van der Waals surface area contributed by atoms with Crippen LogP contribution >= 0.6 is 11.6 Å². The number of carbonyl (C=O) groups excluding carboxylic acids is 1. The highest BCUT2D eigenvalue weighted by Crippen LogP contribution is 2.16. The zero-order chi connectivity index (χ0) is 18.6. The van der Waals surface area contributed by atoms with Gasteiger partial charge in [-0.2, -0.15) is 0 Å². The van der Waals surface area contributed by atoms with Gasteiger partial charge < -0.3 is 14.3 Å². The lowest BCUT2D eigenvalue weighted by Crippen LogP contribution is -2.24. The highest BCUT2D eigenvalue weighted by Gasteiger charge is 2.21. The molecule has 0 aliphatic carbocycles. The van der Waals surface area contributed by atoms with Crippen LogP contribution < -0.4 is 5.32 Å². The summed E-state index contributed by atoms with van der Waals surface area (Å²) in [6, 6.07) is 14.8. The van der Waals surface area contributed by atoms with Crippen molar-refractivity contribution < 1.29 is 9.21 Å². The average molecular weight is 382 g/mol. The highest BCUT2D eigenvalue weighted by molar-refractivity contribution is 6.30. The van der Waals surface area contributed by atoms with E-state index in [2.05, 4.69) is 15.6 Å². The number of carbonyl (C=O) groups is 1. The number of hydrogen-bond acceptors (Lipinski definition) is 4. The fraction of sp³-hybridized carbons (Fsp3) is 0.105. The van der Waals surface area contributed by atoms with E-state index in [9.17, 15) is 4.79 Å². The molecule has 0 atom stereocenters. The molecule has 4 aromatic rings. The lowest BCUT2D eigenvalue weighted by atomic mass is 10.2. The Labute approximate surface area is 160 Å². The Balaban J connectivity index is 1.62. The van der Waals surface area contributed by atoms with Gasteiger partial charge in [-0.1, -0.05) is 28.9 Å². The molecular weight excluding hydrogens is 366 g/mol.